The molecule has 2 heterocycles. The Hall–Kier alpha value is -3.48. The van der Waals surface area contributed by atoms with Crippen LogP contribution in [0.2, 0.25) is 0 Å². The average Bonchev–Trinajstić information content (AvgIpc) is 3.27. The highest BCUT2D eigenvalue weighted by atomic mass is 16.5. The molecule has 4 rings (SSSR count). The van der Waals surface area contributed by atoms with Crippen LogP contribution in [-0.4, -0.2) is 28.7 Å². The molecule has 0 fully saturated rings. The van der Waals surface area contributed by atoms with Crippen LogP contribution in [0.1, 0.15) is 28.5 Å². The van der Waals surface area contributed by atoms with Crippen LogP contribution in [0.15, 0.2) is 53.6 Å². The zero-order valence-corrected chi connectivity index (χ0v) is 15.2. The number of amidine groups is 1. The number of methoxy groups -OCH3 is 1. The van der Waals surface area contributed by atoms with Gasteiger partial charge in [-0.3, -0.25) is 4.79 Å². The summed E-state index contributed by atoms with van der Waals surface area (Å²) >= 11 is 0. The molecule has 1 amide bonds. The van der Waals surface area contributed by atoms with E-state index in [9.17, 15) is 4.79 Å². The minimum Gasteiger partial charge on any atom is -0.496 e. The highest BCUT2D eigenvalue weighted by Crippen LogP contribution is 2.40. The summed E-state index contributed by atoms with van der Waals surface area (Å²) in [6.07, 6.45) is 0. The van der Waals surface area contributed by atoms with E-state index in [4.69, 9.17) is 16.3 Å². The molecule has 0 saturated heterocycles. The van der Waals surface area contributed by atoms with Gasteiger partial charge in [0, 0.05) is 17.4 Å². The van der Waals surface area contributed by atoms with E-state index in [1.807, 2.05) is 49.4 Å². The molecular formula is C20H21N5O2. The number of fused-ring (bicyclic) bond motifs is 2. The Bertz CT molecular complexity index is 1070. The second-order valence-corrected chi connectivity index (χ2v) is 6.74. The van der Waals surface area contributed by atoms with Gasteiger partial charge in [0.05, 0.1) is 7.11 Å². The van der Waals surface area contributed by atoms with Gasteiger partial charge in [0.2, 0.25) is 0 Å². The van der Waals surface area contributed by atoms with E-state index in [0.29, 0.717) is 18.0 Å². The first kappa shape index (κ1) is 17.0. The minimum absolute atomic E-state index is 0.182. The van der Waals surface area contributed by atoms with Gasteiger partial charge in [-0.15, -0.1) is 0 Å². The van der Waals surface area contributed by atoms with Crippen molar-refractivity contribution in [1.82, 2.24) is 9.88 Å². The lowest BCUT2D eigenvalue weighted by Gasteiger charge is -2.34. The van der Waals surface area contributed by atoms with Crippen LogP contribution < -0.4 is 16.3 Å². The van der Waals surface area contributed by atoms with Crippen molar-refractivity contribution < 1.29 is 9.53 Å². The monoisotopic (exact) mass is 363 g/mol. The van der Waals surface area contributed by atoms with Gasteiger partial charge in [-0.2, -0.15) is 5.10 Å². The number of H-pyrrole nitrogens is 1. The van der Waals surface area contributed by atoms with Gasteiger partial charge in [-0.25, -0.2) is 0 Å². The van der Waals surface area contributed by atoms with Crippen molar-refractivity contribution in [1.29, 1.82) is 0 Å². The first-order valence-corrected chi connectivity index (χ1v) is 8.60. The zero-order valence-electron chi connectivity index (χ0n) is 15.2. The summed E-state index contributed by atoms with van der Waals surface area (Å²) in [6.45, 7) is 2.29. The third kappa shape index (κ3) is 2.35. The molecule has 7 nitrogen and oxygen atoms in total. The van der Waals surface area contributed by atoms with Gasteiger partial charge >= 0.3 is 0 Å². The molecule has 0 aliphatic carbocycles. The molecule has 0 radical (unpaired) electrons. The Morgan fingerprint density at radius 2 is 2.04 bits per heavy atom. The molecule has 7 heteroatoms. The number of nitrogens with zero attached hydrogens (tertiary/aromatic N) is 2. The van der Waals surface area contributed by atoms with Gasteiger partial charge in [-0.1, -0.05) is 30.3 Å². The molecule has 0 spiro atoms. The number of hydrazone groups is 1. The fourth-order valence-corrected chi connectivity index (χ4v) is 3.85. The van der Waals surface area contributed by atoms with E-state index in [-0.39, 0.29) is 11.7 Å². The Kier molecular flexibility index (Phi) is 3.80. The van der Waals surface area contributed by atoms with Gasteiger partial charge < -0.3 is 26.2 Å². The molecule has 138 valence electrons. The smallest absolute Gasteiger partial charge is 0.271 e. The minimum atomic E-state index is -0.913. The molecule has 0 bridgehead atoms. The van der Waals surface area contributed by atoms with Crippen molar-refractivity contribution in [3.05, 3.63) is 65.4 Å². The van der Waals surface area contributed by atoms with Crippen molar-refractivity contribution in [2.45, 2.75) is 19.0 Å². The zero-order chi connectivity index (χ0) is 19.2. The molecule has 1 aromatic heterocycles. The molecule has 1 aliphatic rings. The summed E-state index contributed by atoms with van der Waals surface area (Å²) in [7, 11) is 1.61. The molecule has 5 N–H and O–H groups in total. The highest BCUT2D eigenvalue weighted by molar-refractivity contribution is 6.04. The number of benzene rings is 2. The number of amides is 1. The Morgan fingerprint density at radius 3 is 2.78 bits per heavy atom. The van der Waals surface area contributed by atoms with Gasteiger partial charge in [0.1, 0.15) is 22.8 Å². The van der Waals surface area contributed by atoms with Crippen LogP contribution in [0.25, 0.3) is 10.9 Å². The van der Waals surface area contributed by atoms with Crippen molar-refractivity contribution in [2.75, 3.05) is 7.11 Å². The predicted molar refractivity (Wildman–Crippen MR) is 104 cm³/mol. The number of nitrogens with one attached hydrogen (secondary N) is 1. The lowest BCUT2D eigenvalue weighted by Crippen LogP contribution is -2.52. The van der Waals surface area contributed by atoms with Gasteiger partial charge in [0.25, 0.3) is 5.91 Å². The molecular weight excluding hydrogens is 342 g/mol. The molecule has 3 aromatic rings. The van der Waals surface area contributed by atoms with E-state index in [1.165, 1.54) is 0 Å². The molecule has 2 aromatic carbocycles. The number of carbonyl (C=O) groups excluding carboxylic acids is 1. The van der Waals surface area contributed by atoms with E-state index in [0.717, 1.165) is 22.0 Å². The Balaban J connectivity index is 1.82. The molecule has 1 aliphatic heterocycles. The Labute approximate surface area is 156 Å². The molecule has 1 atom stereocenters. The van der Waals surface area contributed by atoms with Gasteiger partial charge in [0.15, 0.2) is 0 Å². The molecule has 0 saturated carbocycles. The van der Waals surface area contributed by atoms with Crippen molar-refractivity contribution >= 4 is 22.6 Å². The maximum Gasteiger partial charge on any atom is 0.271 e. The maximum atomic E-state index is 13.4. The van der Waals surface area contributed by atoms with E-state index >= 15 is 0 Å². The third-order valence-electron chi connectivity index (χ3n) is 5.37. The SMILES string of the molecule is COc1cccc2[nH]c(C(=O)N3Cc4ccccc4C3(C)/C(N)=N\N)cc12. The van der Waals surface area contributed by atoms with E-state index in [1.54, 1.807) is 18.1 Å². The lowest BCUT2D eigenvalue weighted by atomic mass is 9.90. The number of aromatic amines is 1. The number of rotatable bonds is 3. The van der Waals surface area contributed by atoms with E-state index < -0.39 is 5.54 Å². The third-order valence-corrected chi connectivity index (χ3v) is 5.37. The summed E-state index contributed by atoms with van der Waals surface area (Å²) in [5.41, 5.74) is 8.48. The molecule has 1 unspecified atom stereocenters. The first-order valence-electron chi connectivity index (χ1n) is 8.60. The van der Waals surface area contributed by atoms with Crippen LogP contribution in [0, 0.1) is 0 Å². The van der Waals surface area contributed by atoms with Gasteiger partial charge in [-0.05, 0) is 36.2 Å². The average molecular weight is 363 g/mol. The fourth-order valence-electron chi connectivity index (χ4n) is 3.85. The topological polar surface area (TPSA) is 110 Å². The number of hydrogen-bond acceptors (Lipinski definition) is 4. The fraction of sp³-hybridized carbons (Fsp3) is 0.200. The van der Waals surface area contributed by atoms with Crippen LogP contribution in [0.5, 0.6) is 5.75 Å². The summed E-state index contributed by atoms with van der Waals surface area (Å²) < 4.78 is 5.39. The van der Waals surface area contributed by atoms with Crippen molar-refractivity contribution in [3.8, 4) is 5.75 Å². The summed E-state index contributed by atoms with van der Waals surface area (Å²) in [5.74, 6) is 6.21. The number of carbonyl (C=O) groups is 1. The molecule has 27 heavy (non-hydrogen) atoms. The van der Waals surface area contributed by atoms with Crippen molar-refractivity contribution in [2.24, 2.45) is 16.7 Å². The number of ether oxygens (including phenoxy) is 1. The number of aromatic nitrogens is 1. The van der Waals surface area contributed by atoms with Crippen LogP contribution in [0.4, 0.5) is 0 Å². The standard InChI is InChI=1S/C20H21N5O2/c1-20(19(21)24-22)14-7-4-3-6-12(14)11-25(20)18(26)16-10-13-15(23-16)8-5-9-17(13)27-2/h3-10,23H,11,22H2,1-2H3,(H2,21,24). The largest absolute Gasteiger partial charge is 0.496 e. The quantitative estimate of drug-likeness (QED) is 0.287. The normalized spacial score (nSPS) is 19.3. The van der Waals surface area contributed by atoms with E-state index in [2.05, 4.69) is 10.1 Å². The van der Waals surface area contributed by atoms with Crippen LogP contribution >= 0.6 is 0 Å². The maximum absolute atomic E-state index is 13.4. The van der Waals surface area contributed by atoms with Crippen LogP contribution in [-0.2, 0) is 12.1 Å². The summed E-state index contributed by atoms with van der Waals surface area (Å²) in [4.78, 5) is 18.3. The van der Waals surface area contributed by atoms with Crippen molar-refractivity contribution in [3.63, 3.8) is 0 Å². The Morgan fingerprint density at radius 1 is 1.26 bits per heavy atom. The second kappa shape index (κ2) is 6.05. The van der Waals surface area contributed by atoms with Crippen LogP contribution in [0.3, 0.4) is 0 Å². The highest BCUT2D eigenvalue weighted by Gasteiger charge is 2.47. The first-order chi connectivity index (χ1) is 13.0. The second-order valence-electron chi connectivity index (χ2n) is 6.74. The number of nitrogens with two attached hydrogens (primary N) is 2. The predicted octanol–water partition coefficient (Wildman–Crippen LogP) is 2.28. The summed E-state index contributed by atoms with van der Waals surface area (Å²) in [5, 5.41) is 4.56. The lowest BCUT2D eigenvalue weighted by molar-refractivity contribution is 0.0639. The summed E-state index contributed by atoms with van der Waals surface area (Å²) in [6, 6.07) is 15.2. The number of hydrogen-bond donors (Lipinski definition) is 3.